The maximum Gasteiger partial charge on any atom is 0.242 e. The number of rotatable bonds is 8. The second kappa shape index (κ2) is 6.26. The Balaban J connectivity index is 2.09. The van der Waals surface area contributed by atoms with Gasteiger partial charge in [0.05, 0.1) is 4.90 Å². The number of nitrogens with two attached hydrogens (primary N) is 1. The van der Waals surface area contributed by atoms with Crippen LogP contribution in [0.5, 0.6) is 0 Å². The maximum atomic E-state index is 12.3. The highest BCUT2D eigenvalue weighted by Gasteiger charge is 2.27. The van der Waals surface area contributed by atoms with Crippen molar-refractivity contribution >= 4 is 10.0 Å². The van der Waals surface area contributed by atoms with Crippen LogP contribution in [0, 0.1) is 5.92 Å². The van der Waals surface area contributed by atoms with E-state index in [0.717, 1.165) is 18.5 Å². The molecule has 1 aromatic heterocycles. The summed E-state index contributed by atoms with van der Waals surface area (Å²) in [7, 11) is -1.87. The zero-order valence-corrected chi connectivity index (χ0v) is 12.8. The minimum atomic E-state index is -3.47. The Morgan fingerprint density at radius 2 is 2.25 bits per heavy atom. The third-order valence-electron chi connectivity index (χ3n) is 3.44. The molecule has 1 aromatic rings. The van der Waals surface area contributed by atoms with E-state index >= 15 is 0 Å². The Kier molecular flexibility index (Phi) is 4.85. The fourth-order valence-electron chi connectivity index (χ4n) is 2.18. The average molecular weight is 301 g/mol. The Labute approximate surface area is 120 Å². The third-order valence-corrected chi connectivity index (χ3v) is 4.83. The molecule has 1 unspecified atom stereocenters. The maximum absolute atomic E-state index is 12.3. The average Bonchev–Trinajstić information content (AvgIpc) is 3.15. The van der Waals surface area contributed by atoms with Gasteiger partial charge in [0, 0.05) is 44.7 Å². The zero-order chi connectivity index (χ0) is 14.8. The smallest absolute Gasteiger partial charge is 0.242 e. The van der Waals surface area contributed by atoms with Gasteiger partial charge in [0.25, 0.3) is 0 Å². The van der Waals surface area contributed by atoms with Gasteiger partial charge in [-0.25, -0.2) is 13.1 Å². The molecule has 1 heterocycles. The van der Waals surface area contributed by atoms with Crippen molar-refractivity contribution < 1.29 is 13.2 Å². The van der Waals surface area contributed by atoms with Gasteiger partial charge in [0.2, 0.25) is 10.0 Å². The Morgan fingerprint density at radius 1 is 1.55 bits per heavy atom. The van der Waals surface area contributed by atoms with Crippen molar-refractivity contribution in [3.8, 4) is 0 Å². The topological polar surface area (TPSA) is 86.3 Å². The summed E-state index contributed by atoms with van der Waals surface area (Å²) in [6.07, 6.45) is 3.89. The fourth-order valence-corrected chi connectivity index (χ4v) is 3.39. The number of hydrogen-bond donors (Lipinski definition) is 2. The van der Waals surface area contributed by atoms with E-state index in [0.29, 0.717) is 30.6 Å². The highest BCUT2D eigenvalue weighted by atomic mass is 32.2. The first-order valence-corrected chi connectivity index (χ1v) is 8.35. The molecule has 7 heteroatoms. The Hall–Kier alpha value is -0.890. The largest absolute Gasteiger partial charge is 0.384 e. The monoisotopic (exact) mass is 301 g/mol. The number of sulfonamides is 1. The van der Waals surface area contributed by atoms with Crippen LogP contribution in [0.1, 0.15) is 31.5 Å². The Morgan fingerprint density at radius 3 is 2.80 bits per heavy atom. The molecule has 3 N–H and O–H groups in total. The highest BCUT2D eigenvalue weighted by Crippen LogP contribution is 2.37. The normalized spacial score (nSPS) is 17.4. The van der Waals surface area contributed by atoms with Crippen molar-refractivity contribution in [1.29, 1.82) is 0 Å². The van der Waals surface area contributed by atoms with Gasteiger partial charge in [0.15, 0.2) is 0 Å². The second-order valence-electron chi connectivity index (χ2n) is 5.42. The lowest BCUT2D eigenvalue weighted by atomic mass is 10.2. The number of nitrogens with one attached hydrogen (secondary N) is 1. The molecule has 114 valence electrons. The molecule has 1 saturated carbocycles. The minimum Gasteiger partial charge on any atom is -0.384 e. The van der Waals surface area contributed by atoms with Crippen LogP contribution in [0.15, 0.2) is 17.2 Å². The number of nitrogens with zero attached hydrogens (tertiary/aromatic N) is 1. The Bertz CT molecular complexity index is 549. The molecular weight excluding hydrogens is 278 g/mol. The van der Waals surface area contributed by atoms with Gasteiger partial charge in [-0.3, -0.25) is 0 Å². The summed E-state index contributed by atoms with van der Waals surface area (Å²) in [6, 6.07) is 2.09. The lowest BCUT2D eigenvalue weighted by molar-refractivity contribution is 0.161. The first kappa shape index (κ1) is 15.5. The van der Waals surface area contributed by atoms with Gasteiger partial charge in [-0.15, -0.1) is 0 Å². The van der Waals surface area contributed by atoms with E-state index < -0.39 is 10.0 Å². The molecule has 0 spiro atoms. The van der Waals surface area contributed by atoms with E-state index in [1.165, 1.54) is 0 Å². The molecule has 1 aliphatic rings. The van der Waals surface area contributed by atoms with E-state index in [9.17, 15) is 8.42 Å². The first-order chi connectivity index (χ1) is 9.47. The molecule has 0 aromatic carbocycles. The predicted molar refractivity (Wildman–Crippen MR) is 76.8 cm³/mol. The summed E-state index contributed by atoms with van der Waals surface area (Å²) >= 11 is 0. The fraction of sp³-hybridized carbons (Fsp3) is 0.692. The molecule has 0 saturated heterocycles. The summed E-state index contributed by atoms with van der Waals surface area (Å²) in [4.78, 5) is 0.300. The molecular formula is C13H23N3O3S. The van der Waals surface area contributed by atoms with Crippen molar-refractivity contribution in [3.63, 3.8) is 0 Å². The molecule has 0 aliphatic heterocycles. The van der Waals surface area contributed by atoms with Crippen molar-refractivity contribution in [2.24, 2.45) is 11.7 Å². The molecule has 20 heavy (non-hydrogen) atoms. The van der Waals surface area contributed by atoms with Crippen LogP contribution in [0.3, 0.4) is 0 Å². The van der Waals surface area contributed by atoms with E-state index in [1.807, 2.05) is 11.5 Å². The predicted octanol–water partition coefficient (Wildman–Crippen LogP) is 0.843. The highest BCUT2D eigenvalue weighted by molar-refractivity contribution is 7.89. The van der Waals surface area contributed by atoms with E-state index in [4.69, 9.17) is 10.5 Å². The lowest BCUT2D eigenvalue weighted by Crippen LogP contribution is -2.29. The number of hydrogen-bond acceptors (Lipinski definition) is 4. The van der Waals surface area contributed by atoms with Crippen LogP contribution in [-0.2, 0) is 21.3 Å². The molecule has 1 aliphatic carbocycles. The lowest BCUT2D eigenvalue weighted by Gasteiger charge is -2.11. The second-order valence-corrected chi connectivity index (χ2v) is 7.19. The van der Waals surface area contributed by atoms with Gasteiger partial charge in [-0.1, -0.05) is 6.92 Å². The third kappa shape index (κ3) is 3.60. The zero-order valence-electron chi connectivity index (χ0n) is 12.0. The van der Waals surface area contributed by atoms with Crippen molar-refractivity contribution in [1.82, 2.24) is 9.29 Å². The van der Waals surface area contributed by atoms with Gasteiger partial charge < -0.3 is 15.0 Å². The van der Waals surface area contributed by atoms with E-state index in [-0.39, 0.29) is 5.92 Å². The van der Waals surface area contributed by atoms with Crippen LogP contribution in [0.2, 0.25) is 0 Å². The quantitative estimate of drug-likeness (QED) is 0.745. The molecule has 0 bridgehead atoms. The van der Waals surface area contributed by atoms with Crippen LogP contribution in [-0.4, -0.2) is 33.2 Å². The van der Waals surface area contributed by atoms with Crippen LogP contribution in [0.4, 0.5) is 0 Å². The van der Waals surface area contributed by atoms with Gasteiger partial charge >= 0.3 is 0 Å². The summed E-state index contributed by atoms with van der Waals surface area (Å²) in [5, 5.41) is 0. The van der Waals surface area contributed by atoms with Crippen LogP contribution >= 0.6 is 0 Å². The molecule has 0 radical (unpaired) electrons. The van der Waals surface area contributed by atoms with E-state index in [1.54, 1.807) is 19.4 Å². The van der Waals surface area contributed by atoms with Gasteiger partial charge in [-0.2, -0.15) is 0 Å². The van der Waals surface area contributed by atoms with Crippen LogP contribution < -0.4 is 10.5 Å². The number of aromatic nitrogens is 1. The SMILES string of the molecule is COCC(C)CNS(=O)(=O)c1cc(CN)n(C2CC2)c1. The van der Waals surface area contributed by atoms with Crippen molar-refractivity contribution in [3.05, 3.63) is 18.0 Å². The number of ether oxygens (including phenoxy) is 1. The minimum absolute atomic E-state index is 0.134. The molecule has 6 nitrogen and oxygen atoms in total. The van der Waals surface area contributed by atoms with Crippen molar-refractivity contribution in [2.75, 3.05) is 20.3 Å². The van der Waals surface area contributed by atoms with Crippen molar-refractivity contribution in [2.45, 2.75) is 37.2 Å². The standard InChI is InChI=1S/C13H23N3O3S/c1-10(9-19-2)7-15-20(17,18)13-5-12(6-14)16(8-13)11-3-4-11/h5,8,10-11,15H,3-4,6-7,9,14H2,1-2H3. The molecule has 2 rings (SSSR count). The van der Waals surface area contributed by atoms with E-state index in [2.05, 4.69) is 4.72 Å². The molecule has 0 amide bonds. The molecule has 1 fully saturated rings. The summed E-state index contributed by atoms with van der Waals surface area (Å²) in [5.41, 5.74) is 6.55. The summed E-state index contributed by atoms with van der Waals surface area (Å²) < 4.78 is 34.1. The van der Waals surface area contributed by atoms with Crippen LogP contribution in [0.25, 0.3) is 0 Å². The molecule has 1 atom stereocenters. The summed E-state index contributed by atoms with van der Waals surface area (Å²) in [6.45, 7) is 3.18. The summed E-state index contributed by atoms with van der Waals surface area (Å²) in [5.74, 6) is 0.134. The first-order valence-electron chi connectivity index (χ1n) is 6.87. The van der Waals surface area contributed by atoms with Gasteiger partial charge in [-0.05, 0) is 24.8 Å². The van der Waals surface area contributed by atoms with Gasteiger partial charge in [0.1, 0.15) is 0 Å². The number of methoxy groups -OCH3 is 1.